The van der Waals surface area contributed by atoms with Gasteiger partial charge in [0.25, 0.3) is 0 Å². The van der Waals surface area contributed by atoms with E-state index in [-0.39, 0.29) is 12.0 Å². The number of nitrogens with zero attached hydrogens (tertiary/aromatic N) is 4. The van der Waals surface area contributed by atoms with Crippen LogP contribution in [-0.4, -0.2) is 14.4 Å². The van der Waals surface area contributed by atoms with Crippen LogP contribution in [0, 0.1) is 0 Å². The Morgan fingerprint density at radius 2 is 1.53 bits per heavy atom. The number of hydrogen-bond acceptors (Lipinski definition) is 4. The van der Waals surface area contributed by atoms with Gasteiger partial charge in [0, 0.05) is 44.3 Å². The molecule has 1 aliphatic heterocycles. The van der Waals surface area contributed by atoms with Crippen molar-refractivity contribution >= 4 is 83.8 Å². The molecule has 6 aromatic carbocycles. The van der Waals surface area contributed by atoms with E-state index >= 15 is 0 Å². The van der Waals surface area contributed by atoms with Gasteiger partial charge in [0.1, 0.15) is 16.8 Å². The average molecular weight is 679 g/mol. The Morgan fingerprint density at radius 1 is 0.698 bits per heavy atom. The van der Waals surface area contributed by atoms with Crippen LogP contribution in [0.5, 0.6) is 0 Å². The lowest BCUT2D eigenvalue weighted by Gasteiger charge is -2.32. The molecule has 5 heterocycles. The number of anilines is 2. The van der Waals surface area contributed by atoms with Gasteiger partial charge in [0.2, 0.25) is 5.95 Å². The van der Waals surface area contributed by atoms with Crippen LogP contribution in [0.25, 0.3) is 83.4 Å². The third kappa shape index (κ3) is 3.56. The average Bonchev–Trinajstić information content (AvgIpc) is 3.96. The highest BCUT2D eigenvalue weighted by atomic mass is 16.3. The molecule has 248 valence electrons. The molecular weight excluding hydrogens is 649 g/mol. The van der Waals surface area contributed by atoms with Gasteiger partial charge < -0.3 is 13.7 Å². The molecule has 0 spiro atoms. The molecule has 13 rings (SSSR count). The Balaban J connectivity index is 1.18. The molecule has 4 aromatic heterocycles. The molecule has 5 heteroatoms. The number of aromatic nitrogens is 3. The molecule has 0 amide bonds. The van der Waals surface area contributed by atoms with Crippen LogP contribution >= 0.6 is 0 Å². The number of fused-ring (bicyclic) bond motifs is 16. The summed E-state index contributed by atoms with van der Waals surface area (Å²) in [4.78, 5) is 13.6. The summed E-state index contributed by atoms with van der Waals surface area (Å²) in [7, 11) is 0. The first-order valence-corrected chi connectivity index (χ1v) is 18.6. The molecule has 2 unspecified atom stereocenters. The van der Waals surface area contributed by atoms with Crippen LogP contribution in [0.2, 0.25) is 0 Å². The minimum absolute atomic E-state index is 0.0223. The highest BCUT2D eigenvalue weighted by molar-refractivity contribution is 6.22. The Morgan fingerprint density at radius 3 is 2.49 bits per heavy atom. The topological polar surface area (TPSA) is 46.6 Å². The fraction of sp³-hybridized carbons (Fsp3) is 0.0833. The fourth-order valence-corrected chi connectivity index (χ4v) is 9.89. The maximum absolute atomic E-state index is 6.64. The van der Waals surface area contributed by atoms with Crippen molar-refractivity contribution in [3.63, 3.8) is 0 Å². The standard InChI is InChI=1S/C48H30N4O/c1-2-13-29-25-30(22-21-27(29)11-1)42-47-43(35-17-7-10-20-40(35)53-47)50-48(49-42)52-44-31-14-4-3-12-28(31)23-24-33(44)37-26-36-32-15-5-8-18-38(32)51-39-19-9-6-16-34(39)41(45(36)51)46(37)52/h1-8,10-18,20-26,33,44H,9,19H2. The molecular formula is C48H30N4O. The summed E-state index contributed by atoms with van der Waals surface area (Å²) in [6, 6.07) is 43.6. The normalized spacial score (nSPS) is 17.5. The molecule has 0 N–H and O–H groups in total. The first-order valence-electron chi connectivity index (χ1n) is 18.6. The largest absolute Gasteiger partial charge is 0.452 e. The van der Waals surface area contributed by atoms with Crippen LogP contribution < -0.4 is 4.90 Å². The van der Waals surface area contributed by atoms with Gasteiger partial charge in [0.15, 0.2) is 5.58 Å². The van der Waals surface area contributed by atoms with Gasteiger partial charge in [-0.3, -0.25) is 0 Å². The quantitative estimate of drug-likeness (QED) is 0.183. The Kier molecular flexibility index (Phi) is 5.26. The van der Waals surface area contributed by atoms with E-state index in [1.54, 1.807) is 0 Å². The number of para-hydroxylation sites is 2. The summed E-state index contributed by atoms with van der Waals surface area (Å²) in [5, 5.41) is 7.28. The Hall–Kier alpha value is -6.72. The van der Waals surface area contributed by atoms with Crippen molar-refractivity contribution in [1.29, 1.82) is 0 Å². The maximum Gasteiger partial charge on any atom is 0.231 e. The second-order valence-corrected chi connectivity index (χ2v) is 14.8. The Labute approximate surface area is 304 Å². The molecule has 0 bridgehead atoms. The van der Waals surface area contributed by atoms with Crippen LogP contribution in [0.4, 0.5) is 11.6 Å². The minimum atomic E-state index is -0.0223. The summed E-state index contributed by atoms with van der Waals surface area (Å²) in [6.45, 7) is 0. The fourth-order valence-electron chi connectivity index (χ4n) is 9.89. The van der Waals surface area contributed by atoms with Crippen molar-refractivity contribution in [2.24, 2.45) is 0 Å². The van der Waals surface area contributed by atoms with Gasteiger partial charge in [-0.05, 0) is 70.6 Å². The van der Waals surface area contributed by atoms with Crippen molar-refractivity contribution in [3.05, 3.63) is 161 Å². The molecule has 5 nitrogen and oxygen atoms in total. The van der Waals surface area contributed by atoms with Crippen molar-refractivity contribution in [3.8, 4) is 11.3 Å². The van der Waals surface area contributed by atoms with E-state index in [1.165, 1.54) is 71.6 Å². The number of allylic oxidation sites excluding steroid dienone is 1. The first kappa shape index (κ1) is 27.9. The van der Waals surface area contributed by atoms with Crippen LogP contribution in [0.3, 0.4) is 0 Å². The van der Waals surface area contributed by atoms with Crippen molar-refractivity contribution in [1.82, 2.24) is 14.4 Å². The van der Waals surface area contributed by atoms with E-state index in [0.717, 1.165) is 40.6 Å². The van der Waals surface area contributed by atoms with E-state index in [9.17, 15) is 0 Å². The first-order chi connectivity index (χ1) is 26.3. The zero-order valence-corrected chi connectivity index (χ0v) is 28.6. The van der Waals surface area contributed by atoms with Crippen LogP contribution in [0.15, 0.2) is 138 Å². The number of furan rings is 1. The van der Waals surface area contributed by atoms with E-state index < -0.39 is 0 Å². The lowest BCUT2D eigenvalue weighted by molar-refractivity contribution is 0.652. The number of rotatable bonds is 2. The highest BCUT2D eigenvalue weighted by Gasteiger charge is 2.45. The van der Waals surface area contributed by atoms with Crippen LogP contribution in [-0.2, 0) is 6.42 Å². The molecule has 0 saturated heterocycles. The molecule has 10 aromatic rings. The lowest BCUT2D eigenvalue weighted by atomic mass is 9.82. The van der Waals surface area contributed by atoms with Crippen LogP contribution in [0.1, 0.15) is 46.3 Å². The molecule has 2 aliphatic carbocycles. The minimum Gasteiger partial charge on any atom is -0.452 e. The predicted octanol–water partition coefficient (Wildman–Crippen LogP) is 12.2. The number of aryl methyl sites for hydroxylation is 1. The summed E-state index contributed by atoms with van der Waals surface area (Å²) in [5.41, 5.74) is 14.5. The maximum atomic E-state index is 6.64. The predicted molar refractivity (Wildman–Crippen MR) is 216 cm³/mol. The summed E-state index contributed by atoms with van der Waals surface area (Å²) < 4.78 is 9.19. The lowest BCUT2D eigenvalue weighted by Crippen LogP contribution is -2.26. The molecule has 3 aliphatic rings. The zero-order valence-electron chi connectivity index (χ0n) is 28.6. The van der Waals surface area contributed by atoms with Gasteiger partial charge >= 0.3 is 0 Å². The smallest absolute Gasteiger partial charge is 0.231 e. The van der Waals surface area contributed by atoms with Gasteiger partial charge in [-0.1, -0.05) is 115 Å². The van der Waals surface area contributed by atoms with Gasteiger partial charge in [-0.25, -0.2) is 9.97 Å². The number of hydrogen-bond donors (Lipinski definition) is 0. The molecule has 2 atom stereocenters. The second-order valence-electron chi connectivity index (χ2n) is 14.8. The third-order valence-corrected chi connectivity index (χ3v) is 12.1. The van der Waals surface area contributed by atoms with E-state index in [4.69, 9.17) is 14.4 Å². The van der Waals surface area contributed by atoms with E-state index in [1.807, 2.05) is 12.1 Å². The Bertz CT molecular complexity index is 3270. The van der Waals surface area contributed by atoms with E-state index in [2.05, 4.69) is 143 Å². The monoisotopic (exact) mass is 678 g/mol. The van der Waals surface area contributed by atoms with Gasteiger partial charge in [-0.15, -0.1) is 0 Å². The van der Waals surface area contributed by atoms with Gasteiger partial charge in [-0.2, -0.15) is 0 Å². The van der Waals surface area contributed by atoms with Gasteiger partial charge in [0.05, 0.1) is 22.8 Å². The SMILES string of the molecule is C1=Cc2c(n3c4ccccc4c4cc5c(c2c43)N(c2nc(-c3ccc4ccccc4c3)c3oc4ccccc4c3n2)C2c3ccccc3C=CC52)CC1. The molecule has 0 saturated carbocycles. The van der Waals surface area contributed by atoms with Crippen molar-refractivity contribution in [2.45, 2.75) is 24.8 Å². The molecule has 53 heavy (non-hydrogen) atoms. The summed E-state index contributed by atoms with van der Waals surface area (Å²) in [6.07, 6.45) is 11.5. The second kappa shape index (κ2) is 9.99. The third-order valence-electron chi connectivity index (χ3n) is 12.1. The van der Waals surface area contributed by atoms with E-state index in [0.29, 0.717) is 11.5 Å². The summed E-state index contributed by atoms with van der Waals surface area (Å²) in [5.74, 6) is 0.808. The highest BCUT2D eigenvalue weighted by Crippen LogP contribution is 2.60. The van der Waals surface area contributed by atoms with Crippen molar-refractivity contribution < 1.29 is 4.42 Å². The van der Waals surface area contributed by atoms with Crippen molar-refractivity contribution in [2.75, 3.05) is 4.90 Å². The molecule has 0 fully saturated rings. The zero-order chi connectivity index (χ0) is 34.4. The summed E-state index contributed by atoms with van der Waals surface area (Å²) >= 11 is 0. The molecule has 0 radical (unpaired) electrons. The number of benzene rings is 6.